The highest BCUT2D eigenvalue weighted by atomic mass is 79.9. The molecular weight excluding hydrogens is 266 g/mol. The molecule has 0 aromatic heterocycles. The molecule has 0 amide bonds. The second kappa shape index (κ2) is 4.76. The molecule has 0 bridgehead atoms. The Balaban J connectivity index is 2.25. The molecule has 2 rings (SSSR count). The normalized spacial score (nSPS) is 17.2. The van der Waals surface area contributed by atoms with E-state index in [0.29, 0.717) is 0 Å². The fourth-order valence-corrected chi connectivity index (χ4v) is 2.77. The molecule has 0 saturated heterocycles. The fourth-order valence-electron chi connectivity index (χ4n) is 2.07. The van der Waals surface area contributed by atoms with Gasteiger partial charge in [-0.1, -0.05) is 22.0 Å². The number of aliphatic hydroxyl groups is 1. The van der Waals surface area contributed by atoms with Crippen LogP contribution in [0.2, 0.25) is 0 Å². The zero-order chi connectivity index (χ0) is 11.7. The first-order valence-corrected chi connectivity index (χ1v) is 6.67. The number of benzene rings is 1. The van der Waals surface area contributed by atoms with Gasteiger partial charge in [0.05, 0.1) is 6.10 Å². The Morgan fingerprint density at radius 2 is 2.19 bits per heavy atom. The molecule has 2 nitrogen and oxygen atoms in total. The number of rotatable bonds is 4. The number of halogens is 1. The average molecular weight is 284 g/mol. The molecule has 0 radical (unpaired) electrons. The quantitative estimate of drug-likeness (QED) is 0.914. The second-order valence-corrected chi connectivity index (χ2v) is 5.25. The lowest BCUT2D eigenvalue weighted by Gasteiger charge is -2.23. The summed E-state index contributed by atoms with van der Waals surface area (Å²) in [5.74, 6) is 0. The first-order chi connectivity index (χ1) is 7.63. The van der Waals surface area contributed by atoms with E-state index in [1.807, 2.05) is 6.07 Å². The number of aliphatic hydroxyl groups excluding tert-OH is 1. The highest BCUT2D eigenvalue weighted by molar-refractivity contribution is 9.10. The molecule has 0 unspecified atom stereocenters. The van der Waals surface area contributed by atoms with Crippen molar-refractivity contribution in [2.45, 2.75) is 38.8 Å². The minimum absolute atomic E-state index is 0.417. The minimum atomic E-state index is -0.417. The van der Waals surface area contributed by atoms with Crippen molar-refractivity contribution in [3.8, 4) is 0 Å². The smallest absolute Gasteiger partial charge is 0.0772 e. The SMILES string of the molecule is CCN(c1ccc([C@@H](C)O)c(Br)c1)C1CC1. The van der Waals surface area contributed by atoms with Gasteiger partial charge in [-0.05, 0) is 44.4 Å². The topological polar surface area (TPSA) is 23.5 Å². The molecule has 1 N–H and O–H groups in total. The van der Waals surface area contributed by atoms with Gasteiger partial charge in [-0.15, -0.1) is 0 Å². The predicted octanol–water partition coefficient (Wildman–Crippen LogP) is 3.49. The van der Waals surface area contributed by atoms with E-state index in [4.69, 9.17) is 0 Å². The number of nitrogens with zero attached hydrogens (tertiary/aromatic N) is 1. The lowest BCUT2D eigenvalue weighted by atomic mass is 10.1. The molecule has 88 valence electrons. The standard InChI is InChI=1S/C13H18BrNO/c1-3-15(10-4-5-10)11-6-7-12(9(2)16)13(14)8-11/h6-10,16H,3-5H2,1-2H3/t9-/m1/s1. The van der Waals surface area contributed by atoms with E-state index in [1.54, 1.807) is 6.92 Å². The lowest BCUT2D eigenvalue weighted by molar-refractivity contribution is 0.198. The molecule has 1 atom stereocenters. The maximum absolute atomic E-state index is 9.57. The maximum atomic E-state index is 9.57. The lowest BCUT2D eigenvalue weighted by Crippen LogP contribution is -2.24. The first-order valence-electron chi connectivity index (χ1n) is 5.87. The molecule has 0 spiro atoms. The Bertz CT molecular complexity index is 374. The Morgan fingerprint density at radius 1 is 1.50 bits per heavy atom. The van der Waals surface area contributed by atoms with Gasteiger partial charge < -0.3 is 10.0 Å². The van der Waals surface area contributed by atoms with E-state index in [2.05, 4.69) is 39.9 Å². The molecule has 16 heavy (non-hydrogen) atoms. The highest BCUT2D eigenvalue weighted by Crippen LogP contribution is 2.34. The van der Waals surface area contributed by atoms with E-state index in [0.717, 1.165) is 22.6 Å². The van der Waals surface area contributed by atoms with Crippen molar-refractivity contribution in [1.29, 1.82) is 0 Å². The van der Waals surface area contributed by atoms with Gasteiger partial charge in [-0.2, -0.15) is 0 Å². The molecule has 1 aliphatic rings. The summed E-state index contributed by atoms with van der Waals surface area (Å²) in [4.78, 5) is 2.43. The molecule has 1 fully saturated rings. The van der Waals surface area contributed by atoms with E-state index in [1.165, 1.54) is 18.5 Å². The van der Waals surface area contributed by atoms with Crippen molar-refractivity contribution in [3.05, 3.63) is 28.2 Å². The van der Waals surface area contributed by atoms with Gasteiger partial charge in [0.2, 0.25) is 0 Å². The number of hydrogen-bond donors (Lipinski definition) is 1. The zero-order valence-corrected chi connectivity index (χ0v) is 11.4. The van der Waals surface area contributed by atoms with Crippen LogP contribution < -0.4 is 4.90 Å². The third kappa shape index (κ3) is 2.41. The summed E-state index contributed by atoms with van der Waals surface area (Å²) >= 11 is 3.53. The van der Waals surface area contributed by atoms with Crippen LogP contribution in [0.25, 0.3) is 0 Å². The average Bonchev–Trinajstić information content (AvgIpc) is 3.02. The Morgan fingerprint density at radius 3 is 2.62 bits per heavy atom. The molecule has 0 heterocycles. The molecule has 1 aromatic rings. The Kier molecular flexibility index (Phi) is 3.55. The second-order valence-electron chi connectivity index (χ2n) is 4.40. The molecule has 1 saturated carbocycles. The van der Waals surface area contributed by atoms with Crippen LogP contribution in [0.15, 0.2) is 22.7 Å². The van der Waals surface area contributed by atoms with E-state index in [-0.39, 0.29) is 0 Å². The molecule has 1 aliphatic carbocycles. The molecular formula is C13H18BrNO. The summed E-state index contributed by atoms with van der Waals surface area (Å²) < 4.78 is 0.999. The van der Waals surface area contributed by atoms with Crippen LogP contribution in [0, 0.1) is 0 Å². The van der Waals surface area contributed by atoms with Gasteiger partial charge >= 0.3 is 0 Å². The van der Waals surface area contributed by atoms with Crippen LogP contribution >= 0.6 is 15.9 Å². The number of hydrogen-bond acceptors (Lipinski definition) is 2. The molecule has 1 aromatic carbocycles. The largest absolute Gasteiger partial charge is 0.389 e. The summed E-state index contributed by atoms with van der Waals surface area (Å²) in [7, 11) is 0. The van der Waals surface area contributed by atoms with Gasteiger partial charge in [0.1, 0.15) is 0 Å². The van der Waals surface area contributed by atoms with Gasteiger partial charge in [0, 0.05) is 22.7 Å². The van der Waals surface area contributed by atoms with E-state index < -0.39 is 6.10 Å². The highest BCUT2D eigenvalue weighted by Gasteiger charge is 2.28. The summed E-state index contributed by atoms with van der Waals surface area (Å²) in [5, 5.41) is 9.57. The van der Waals surface area contributed by atoms with Crippen molar-refractivity contribution in [2.75, 3.05) is 11.4 Å². The van der Waals surface area contributed by atoms with Crippen molar-refractivity contribution in [3.63, 3.8) is 0 Å². The van der Waals surface area contributed by atoms with E-state index >= 15 is 0 Å². The van der Waals surface area contributed by atoms with Gasteiger partial charge in [-0.3, -0.25) is 0 Å². The summed E-state index contributed by atoms with van der Waals surface area (Å²) in [6, 6.07) is 6.96. The van der Waals surface area contributed by atoms with Crippen molar-refractivity contribution >= 4 is 21.6 Å². The van der Waals surface area contributed by atoms with Crippen LogP contribution in [0.5, 0.6) is 0 Å². The molecule has 3 heteroatoms. The summed E-state index contributed by atoms with van der Waals surface area (Å²) in [6.45, 7) is 5.03. The minimum Gasteiger partial charge on any atom is -0.389 e. The third-order valence-corrected chi connectivity index (χ3v) is 3.78. The van der Waals surface area contributed by atoms with Crippen molar-refractivity contribution in [2.24, 2.45) is 0 Å². The monoisotopic (exact) mass is 283 g/mol. The van der Waals surface area contributed by atoms with Gasteiger partial charge in [0.15, 0.2) is 0 Å². The van der Waals surface area contributed by atoms with Gasteiger partial charge in [-0.25, -0.2) is 0 Å². The predicted molar refractivity (Wildman–Crippen MR) is 70.8 cm³/mol. The van der Waals surface area contributed by atoms with Crippen LogP contribution in [0.1, 0.15) is 38.4 Å². The van der Waals surface area contributed by atoms with Gasteiger partial charge in [0.25, 0.3) is 0 Å². The molecule has 0 aliphatic heterocycles. The van der Waals surface area contributed by atoms with Crippen LogP contribution in [0.3, 0.4) is 0 Å². The summed E-state index contributed by atoms with van der Waals surface area (Å²) in [5.41, 5.74) is 2.21. The summed E-state index contributed by atoms with van der Waals surface area (Å²) in [6.07, 6.45) is 2.20. The van der Waals surface area contributed by atoms with Crippen molar-refractivity contribution < 1.29 is 5.11 Å². The van der Waals surface area contributed by atoms with Crippen LogP contribution in [-0.2, 0) is 0 Å². The van der Waals surface area contributed by atoms with Crippen LogP contribution in [0.4, 0.5) is 5.69 Å². The Labute approximate surface area is 105 Å². The van der Waals surface area contributed by atoms with E-state index in [9.17, 15) is 5.11 Å². The zero-order valence-electron chi connectivity index (χ0n) is 9.78. The Hall–Kier alpha value is -0.540. The number of anilines is 1. The third-order valence-electron chi connectivity index (χ3n) is 3.09. The van der Waals surface area contributed by atoms with Crippen molar-refractivity contribution in [1.82, 2.24) is 0 Å². The maximum Gasteiger partial charge on any atom is 0.0772 e. The first kappa shape index (κ1) is 11.9. The fraction of sp³-hybridized carbons (Fsp3) is 0.538. The van der Waals surface area contributed by atoms with Crippen LogP contribution in [-0.4, -0.2) is 17.7 Å².